The van der Waals surface area contributed by atoms with Gasteiger partial charge in [-0.25, -0.2) is 0 Å². The van der Waals surface area contributed by atoms with E-state index in [4.69, 9.17) is 5.11 Å². The van der Waals surface area contributed by atoms with Gasteiger partial charge in [-0.05, 0) is 18.1 Å². The third-order valence-electron chi connectivity index (χ3n) is 1.69. The molecule has 0 bridgehead atoms. The fourth-order valence-electron chi connectivity index (χ4n) is 1.06. The average Bonchev–Trinajstić information content (AvgIpc) is 2.32. The molecule has 0 aliphatic heterocycles. The average molecular weight is 167 g/mol. The van der Waals surface area contributed by atoms with E-state index in [1.165, 1.54) is 0 Å². The Balaban J connectivity index is 3.01. The van der Waals surface area contributed by atoms with Gasteiger partial charge in [-0.3, -0.25) is 9.59 Å². The highest BCUT2D eigenvalue weighted by atomic mass is 16.4. The number of aldehydes is 1. The second-order valence-corrected chi connectivity index (χ2v) is 2.55. The third kappa shape index (κ3) is 1.53. The van der Waals surface area contributed by atoms with Crippen LogP contribution in [0.3, 0.4) is 0 Å². The number of hydrogen-bond acceptors (Lipinski definition) is 2. The first-order valence-electron chi connectivity index (χ1n) is 3.49. The second-order valence-electron chi connectivity index (χ2n) is 2.55. The molecule has 4 heteroatoms. The Bertz CT molecular complexity index is 314. The van der Waals surface area contributed by atoms with Crippen LogP contribution in [0.2, 0.25) is 0 Å². The number of nitrogens with one attached hydrogen (secondary N) is 1. The largest absolute Gasteiger partial charge is 0.481 e. The van der Waals surface area contributed by atoms with Gasteiger partial charge < -0.3 is 10.1 Å². The fraction of sp³-hybridized carbons (Fsp3) is 0.250. The summed E-state index contributed by atoms with van der Waals surface area (Å²) in [4.78, 5) is 23.5. The highest BCUT2D eigenvalue weighted by molar-refractivity contribution is 5.80. The summed E-state index contributed by atoms with van der Waals surface area (Å²) in [7, 11) is 0. The van der Waals surface area contributed by atoms with Gasteiger partial charge in [0.25, 0.3) is 0 Å². The Morgan fingerprint density at radius 1 is 1.75 bits per heavy atom. The van der Waals surface area contributed by atoms with Gasteiger partial charge in [-0.15, -0.1) is 0 Å². The molecule has 0 aliphatic carbocycles. The summed E-state index contributed by atoms with van der Waals surface area (Å²) in [5.74, 6) is -0.930. The van der Waals surface area contributed by atoms with E-state index in [1.807, 2.05) is 0 Å². The van der Waals surface area contributed by atoms with Crippen LogP contribution < -0.4 is 0 Å². The SMILES string of the molecule is Cc1c[nH]c(C=O)c1CC(=O)O. The molecule has 64 valence electrons. The monoisotopic (exact) mass is 167 g/mol. The van der Waals surface area contributed by atoms with Crippen molar-refractivity contribution in [2.45, 2.75) is 13.3 Å². The van der Waals surface area contributed by atoms with Crippen molar-refractivity contribution in [1.29, 1.82) is 0 Å². The molecular formula is C8H9NO3. The van der Waals surface area contributed by atoms with Crippen molar-refractivity contribution >= 4 is 12.3 Å². The molecule has 0 saturated carbocycles. The number of aliphatic carboxylic acids is 1. The number of carboxylic acids is 1. The van der Waals surface area contributed by atoms with Gasteiger partial charge in [0, 0.05) is 6.20 Å². The van der Waals surface area contributed by atoms with Crippen molar-refractivity contribution in [2.75, 3.05) is 0 Å². The lowest BCUT2D eigenvalue weighted by Gasteiger charge is -1.95. The van der Waals surface area contributed by atoms with Gasteiger partial charge in [0.05, 0.1) is 12.1 Å². The summed E-state index contributed by atoms with van der Waals surface area (Å²) < 4.78 is 0. The Kier molecular flexibility index (Phi) is 2.28. The number of aryl methyl sites for hydroxylation is 1. The fourth-order valence-corrected chi connectivity index (χ4v) is 1.06. The third-order valence-corrected chi connectivity index (χ3v) is 1.69. The molecule has 0 spiro atoms. The van der Waals surface area contributed by atoms with Crippen LogP contribution in [0.5, 0.6) is 0 Å². The van der Waals surface area contributed by atoms with Crippen molar-refractivity contribution in [3.63, 3.8) is 0 Å². The maximum absolute atomic E-state index is 10.4. The summed E-state index contributed by atoms with van der Waals surface area (Å²) in [6, 6.07) is 0. The molecule has 1 aromatic rings. The van der Waals surface area contributed by atoms with Crippen LogP contribution in [0.15, 0.2) is 6.20 Å². The first-order chi connectivity index (χ1) is 5.65. The maximum atomic E-state index is 10.4. The van der Waals surface area contributed by atoms with E-state index in [0.29, 0.717) is 17.5 Å². The Hall–Kier alpha value is -1.58. The molecule has 0 radical (unpaired) electrons. The van der Waals surface area contributed by atoms with Crippen LogP contribution in [0.4, 0.5) is 0 Å². The lowest BCUT2D eigenvalue weighted by molar-refractivity contribution is -0.136. The first-order valence-corrected chi connectivity index (χ1v) is 3.49. The van der Waals surface area contributed by atoms with E-state index in [2.05, 4.69) is 4.98 Å². The molecule has 0 saturated heterocycles. The van der Waals surface area contributed by atoms with E-state index < -0.39 is 5.97 Å². The van der Waals surface area contributed by atoms with E-state index in [0.717, 1.165) is 5.56 Å². The van der Waals surface area contributed by atoms with Gasteiger partial charge in [0.2, 0.25) is 0 Å². The lowest BCUT2D eigenvalue weighted by atomic mass is 10.1. The van der Waals surface area contributed by atoms with E-state index >= 15 is 0 Å². The minimum Gasteiger partial charge on any atom is -0.481 e. The molecule has 0 fully saturated rings. The summed E-state index contributed by atoms with van der Waals surface area (Å²) in [5, 5.41) is 8.50. The molecule has 0 aliphatic rings. The number of aromatic nitrogens is 1. The van der Waals surface area contributed by atoms with E-state index in [-0.39, 0.29) is 6.42 Å². The summed E-state index contributed by atoms with van der Waals surface area (Å²) in [5.41, 5.74) is 1.73. The van der Waals surface area contributed by atoms with Gasteiger partial charge >= 0.3 is 5.97 Å². The van der Waals surface area contributed by atoms with Crippen molar-refractivity contribution in [3.8, 4) is 0 Å². The lowest BCUT2D eigenvalue weighted by Crippen LogP contribution is -2.02. The standard InChI is InChI=1S/C8H9NO3/c1-5-3-9-7(4-10)6(5)2-8(11)12/h3-4,9H,2H2,1H3,(H,11,12). The first kappa shape index (κ1) is 8.52. The Labute approximate surface area is 69.2 Å². The molecule has 1 rings (SSSR count). The predicted molar refractivity (Wildman–Crippen MR) is 42.3 cm³/mol. The Morgan fingerprint density at radius 3 is 2.92 bits per heavy atom. The van der Waals surface area contributed by atoms with Crippen molar-refractivity contribution in [3.05, 3.63) is 23.0 Å². The molecule has 12 heavy (non-hydrogen) atoms. The summed E-state index contributed by atoms with van der Waals surface area (Å²) in [6.07, 6.45) is 2.15. The molecule has 0 unspecified atom stereocenters. The zero-order valence-electron chi connectivity index (χ0n) is 6.63. The Morgan fingerprint density at radius 2 is 2.42 bits per heavy atom. The minimum atomic E-state index is -0.930. The molecule has 0 amide bonds. The number of hydrogen-bond donors (Lipinski definition) is 2. The topological polar surface area (TPSA) is 70.2 Å². The zero-order chi connectivity index (χ0) is 9.14. The molecule has 4 nitrogen and oxygen atoms in total. The van der Waals surface area contributed by atoms with Crippen LogP contribution >= 0.6 is 0 Å². The minimum absolute atomic E-state index is 0.108. The van der Waals surface area contributed by atoms with Crippen LogP contribution in [0.25, 0.3) is 0 Å². The molecule has 0 aromatic carbocycles. The van der Waals surface area contributed by atoms with E-state index in [9.17, 15) is 9.59 Å². The van der Waals surface area contributed by atoms with Gasteiger partial charge in [0.15, 0.2) is 6.29 Å². The number of carboxylic acid groups (broad SMARTS) is 1. The second kappa shape index (κ2) is 3.21. The van der Waals surface area contributed by atoms with Crippen molar-refractivity contribution in [1.82, 2.24) is 4.98 Å². The van der Waals surface area contributed by atoms with Gasteiger partial charge in [-0.2, -0.15) is 0 Å². The van der Waals surface area contributed by atoms with E-state index in [1.54, 1.807) is 13.1 Å². The highest BCUT2D eigenvalue weighted by Crippen LogP contribution is 2.11. The van der Waals surface area contributed by atoms with Gasteiger partial charge in [0.1, 0.15) is 0 Å². The highest BCUT2D eigenvalue weighted by Gasteiger charge is 2.10. The van der Waals surface area contributed by atoms with Crippen molar-refractivity contribution < 1.29 is 14.7 Å². The molecule has 1 heterocycles. The summed E-state index contributed by atoms with van der Waals surface area (Å²) >= 11 is 0. The maximum Gasteiger partial charge on any atom is 0.307 e. The van der Waals surface area contributed by atoms with Crippen LogP contribution in [-0.2, 0) is 11.2 Å². The quantitative estimate of drug-likeness (QED) is 0.653. The number of aromatic amines is 1. The number of H-pyrrole nitrogens is 1. The van der Waals surface area contributed by atoms with Crippen molar-refractivity contribution in [2.24, 2.45) is 0 Å². The van der Waals surface area contributed by atoms with Gasteiger partial charge in [-0.1, -0.05) is 0 Å². The molecule has 1 aromatic heterocycles. The van der Waals surface area contributed by atoms with Crippen LogP contribution in [-0.4, -0.2) is 22.3 Å². The molecule has 0 atom stereocenters. The summed E-state index contributed by atoms with van der Waals surface area (Å²) in [6.45, 7) is 1.77. The normalized spacial score (nSPS) is 9.75. The number of carbonyl (C=O) groups is 2. The molecule has 2 N–H and O–H groups in total. The zero-order valence-corrected chi connectivity index (χ0v) is 6.63. The van der Waals surface area contributed by atoms with Crippen LogP contribution in [0, 0.1) is 6.92 Å². The number of rotatable bonds is 3. The smallest absolute Gasteiger partial charge is 0.307 e. The number of carbonyl (C=O) groups excluding carboxylic acids is 1. The predicted octanol–water partition coefficient (Wildman–Crippen LogP) is 0.763. The molecular weight excluding hydrogens is 158 g/mol. The van der Waals surface area contributed by atoms with Crippen LogP contribution in [0.1, 0.15) is 21.6 Å².